The van der Waals surface area contributed by atoms with Crippen molar-refractivity contribution in [3.05, 3.63) is 65.6 Å². The molecule has 0 atom stereocenters. The summed E-state index contributed by atoms with van der Waals surface area (Å²) in [5, 5.41) is 6.12. The fourth-order valence-corrected chi connectivity index (χ4v) is 2.33. The molecule has 0 radical (unpaired) electrons. The number of hydrogen-bond donors (Lipinski definition) is 1. The van der Waals surface area contributed by atoms with Gasteiger partial charge in [0.25, 0.3) is 0 Å². The normalized spacial score (nSPS) is 10.7. The van der Waals surface area contributed by atoms with Gasteiger partial charge in [0.2, 0.25) is 17.6 Å². The van der Waals surface area contributed by atoms with Gasteiger partial charge in [-0.15, -0.1) is 0 Å². The molecule has 3 aromatic rings. The van der Waals surface area contributed by atoms with Crippen molar-refractivity contribution >= 4 is 11.6 Å². The predicted octanol–water partition coefficient (Wildman–Crippen LogP) is 3.89. The summed E-state index contributed by atoms with van der Waals surface area (Å²) in [5.41, 5.74) is 1.39. The van der Waals surface area contributed by atoms with E-state index < -0.39 is 23.2 Å². The highest BCUT2D eigenvalue weighted by molar-refractivity contribution is 5.91. The minimum atomic E-state index is -0.826. The predicted molar refractivity (Wildman–Crippen MR) is 87.8 cm³/mol. The number of carbonyl (C=O) groups excluding carboxylic acids is 1. The molecule has 0 aliphatic rings. The maximum Gasteiger partial charge on any atom is 0.227 e. The van der Waals surface area contributed by atoms with Crippen LogP contribution in [0.2, 0.25) is 0 Å². The van der Waals surface area contributed by atoms with E-state index in [1.54, 1.807) is 0 Å². The van der Waals surface area contributed by atoms with E-state index in [2.05, 4.69) is 15.5 Å². The molecule has 7 heteroatoms. The molecule has 0 spiro atoms. The van der Waals surface area contributed by atoms with Gasteiger partial charge in [0.1, 0.15) is 17.3 Å². The van der Waals surface area contributed by atoms with Gasteiger partial charge >= 0.3 is 0 Å². The second kappa shape index (κ2) is 7.21. The number of benzene rings is 2. The molecule has 2 aromatic carbocycles. The molecule has 0 aliphatic carbocycles. The Morgan fingerprint density at radius 3 is 2.56 bits per heavy atom. The van der Waals surface area contributed by atoms with E-state index in [4.69, 9.17) is 4.52 Å². The molecule has 1 amide bonds. The maximum atomic E-state index is 13.5. The number of para-hydroxylation sites is 1. The van der Waals surface area contributed by atoms with Crippen LogP contribution in [0.5, 0.6) is 0 Å². The minimum Gasteiger partial charge on any atom is -0.339 e. The van der Waals surface area contributed by atoms with E-state index in [1.165, 1.54) is 6.07 Å². The molecule has 0 aliphatic heterocycles. The maximum absolute atomic E-state index is 13.5. The van der Waals surface area contributed by atoms with Gasteiger partial charge in [0, 0.05) is 18.4 Å². The first-order chi connectivity index (χ1) is 12.0. The van der Waals surface area contributed by atoms with Crippen LogP contribution in [0.4, 0.5) is 14.5 Å². The van der Waals surface area contributed by atoms with Crippen molar-refractivity contribution < 1.29 is 18.1 Å². The van der Waals surface area contributed by atoms with Crippen LogP contribution in [0.25, 0.3) is 11.4 Å². The van der Waals surface area contributed by atoms with Crippen molar-refractivity contribution in [2.45, 2.75) is 19.8 Å². The van der Waals surface area contributed by atoms with E-state index in [0.29, 0.717) is 5.82 Å². The summed E-state index contributed by atoms with van der Waals surface area (Å²) in [7, 11) is 0. The lowest BCUT2D eigenvalue weighted by molar-refractivity contribution is -0.116. The Kier molecular flexibility index (Phi) is 4.83. The third-order valence-electron chi connectivity index (χ3n) is 3.65. The molecule has 0 saturated carbocycles. The van der Waals surface area contributed by atoms with Gasteiger partial charge in [-0.3, -0.25) is 4.79 Å². The Hall–Kier alpha value is -3.09. The summed E-state index contributed by atoms with van der Waals surface area (Å²) in [4.78, 5) is 16.1. The SMILES string of the molecule is Cc1ccccc1-c1noc(CCC(=O)Nc2c(F)cccc2F)n1. The fourth-order valence-electron chi connectivity index (χ4n) is 2.33. The highest BCUT2D eigenvalue weighted by Crippen LogP contribution is 2.21. The molecule has 1 N–H and O–H groups in total. The Labute approximate surface area is 142 Å². The van der Waals surface area contributed by atoms with Crippen LogP contribution >= 0.6 is 0 Å². The van der Waals surface area contributed by atoms with E-state index in [-0.39, 0.29) is 18.7 Å². The van der Waals surface area contributed by atoms with Crippen molar-refractivity contribution in [1.82, 2.24) is 10.1 Å². The summed E-state index contributed by atoms with van der Waals surface area (Å²) >= 11 is 0. The van der Waals surface area contributed by atoms with Gasteiger partial charge in [-0.2, -0.15) is 4.98 Å². The molecule has 25 heavy (non-hydrogen) atoms. The number of nitrogens with zero attached hydrogens (tertiary/aromatic N) is 2. The van der Waals surface area contributed by atoms with Gasteiger partial charge in [-0.05, 0) is 24.6 Å². The van der Waals surface area contributed by atoms with E-state index in [9.17, 15) is 13.6 Å². The van der Waals surface area contributed by atoms with Crippen molar-refractivity contribution in [3.8, 4) is 11.4 Å². The second-order valence-corrected chi connectivity index (χ2v) is 5.47. The molecular weight excluding hydrogens is 328 g/mol. The Morgan fingerprint density at radius 2 is 1.84 bits per heavy atom. The van der Waals surface area contributed by atoms with Crippen LogP contribution in [0, 0.1) is 18.6 Å². The average molecular weight is 343 g/mol. The van der Waals surface area contributed by atoms with Crippen LogP contribution in [0.1, 0.15) is 17.9 Å². The summed E-state index contributed by atoms with van der Waals surface area (Å²) in [5.74, 6) is -1.48. The number of halogens is 2. The highest BCUT2D eigenvalue weighted by Gasteiger charge is 2.14. The first-order valence-corrected chi connectivity index (χ1v) is 7.67. The zero-order valence-corrected chi connectivity index (χ0v) is 13.4. The molecule has 5 nitrogen and oxygen atoms in total. The second-order valence-electron chi connectivity index (χ2n) is 5.47. The van der Waals surface area contributed by atoms with Crippen LogP contribution in [0.15, 0.2) is 47.0 Å². The summed E-state index contributed by atoms with van der Waals surface area (Å²) < 4.78 is 32.1. The van der Waals surface area contributed by atoms with Crippen LogP contribution in [0.3, 0.4) is 0 Å². The minimum absolute atomic E-state index is 0.0385. The first-order valence-electron chi connectivity index (χ1n) is 7.67. The molecule has 1 heterocycles. The van der Waals surface area contributed by atoms with Gasteiger partial charge in [-0.25, -0.2) is 8.78 Å². The molecule has 0 unspecified atom stereocenters. The van der Waals surface area contributed by atoms with Crippen molar-refractivity contribution in [3.63, 3.8) is 0 Å². The summed E-state index contributed by atoms with van der Waals surface area (Å²) in [6.07, 6.45) is 0.129. The van der Waals surface area contributed by atoms with Gasteiger partial charge < -0.3 is 9.84 Å². The number of aromatic nitrogens is 2. The Balaban J connectivity index is 1.63. The molecule has 0 saturated heterocycles. The van der Waals surface area contributed by atoms with Crippen LogP contribution < -0.4 is 5.32 Å². The third kappa shape index (κ3) is 3.88. The molecule has 0 fully saturated rings. The standard InChI is InChI=1S/C18H15F2N3O2/c1-11-5-2-3-6-12(11)18-22-16(25-23-18)10-9-15(24)21-17-13(19)7-4-8-14(17)20/h2-8H,9-10H2,1H3,(H,21,24). The average Bonchev–Trinajstić information content (AvgIpc) is 3.06. The largest absolute Gasteiger partial charge is 0.339 e. The zero-order chi connectivity index (χ0) is 17.8. The number of amides is 1. The smallest absolute Gasteiger partial charge is 0.227 e. The third-order valence-corrected chi connectivity index (χ3v) is 3.65. The van der Waals surface area contributed by atoms with E-state index in [1.807, 2.05) is 31.2 Å². The molecule has 0 bridgehead atoms. The Bertz CT molecular complexity index is 889. The molecular formula is C18H15F2N3O2. The van der Waals surface area contributed by atoms with E-state index >= 15 is 0 Å². The Morgan fingerprint density at radius 1 is 1.12 bits per heavy atom. The number of aryl methyl sites for hydroxylation is 2. The molecule has 1 aromatic heterocycles. The van der Waals surface area contributed by atoms with Gasteiger partial charge in [0.15, 0.2) is 0 Å². The number of rotatable bonds is 5. The number of nitrogens with one attached hydrogen (secondary N) is 1. The number of hydrogen-bond acceptors (Lipinski definition) is 4. The summed E-state index contributed by atoms with van der Waals surface area (Å²) in [6.45, 7) is 1.93. The lowest BCUT2D eigenvalue weighted by Gasteiger charge is -2.06. The lowest BCUT2D eigenvalue weighted by atomic mass is 10.1. The zero-order valence-electron chi connectivity index (χ0n) is 13.4. The summed E-state index contributed by atoms with van der Waals surface area (Å²) in [6, 6.07) is 11.0. The fraction of sp³-hybridized carbons (Fsp3) is 0.167. The quantitative estimate of drug-likeness (QED) is 0.763. The number of carbonyl (C=O) groups is 1. The van der Waals surface area contributed by atoms with Gasteiger partial charge in [0.05, 0.1) is 0 Å². The van der Waals surface area contributed by atoms with Crippen molar-refractivity contribution in [1.29, 1.82) is 0 Å². The monoisotopic (exact) mass is 343 g/mol. The molecule has 128 valence electrons. The van der Waals surface area contributed by atoms with Crippen LogP contribution in [-0.4, -0.2) is 16.0 Å². The van der Waals surface area contributed by atoms with Crippen LogP contribution in [-0.2, 0) is 11.2 Å². The van der Waals surface area contributed by atoms with E-state index in [0.717, 1.165) is 23.3 Å². The molecule has 3 rings (SSSR count). The topological polar surface area (TPSA) is 68.0 Å². The van der Waals surface area contributed by atoms with Crippen molar-refractivity contribution in [2.24, 2.45) is 0 Å². The lowest BCUT2D eigenvalue weighted by Crippen LogP contribution is -2.14. The highest BCUT2D eigenvalue weighted by atomic mass is 19.1. The first kappa shape index (κ1) is 16.8. The van der Waals surface area contributed by atoms with Crippen molar-refractivity contribution in [2.75, 3.05) is 5.32 Å². The number of anilines is 1. The van der Waals surface area contributed by atoms with Gasteiger partial charge in [-0.1, -0.05) is 35.5 Å².